The van der Waals surface area contributed by atoms with Gasteiger partial charge < -0.3 is 9.80 Å². The summed E-state index contributed by atoms with van der Waals surface area (Å²) in [7, 11) is 0. The van der Waals surface area contributed by atoms with Gasteiger partial charge in [-0.1, -0.05) is 0 Å². The van der Waals surface area contributed by atoms with Crippen LogP contribution in [0.15, 0.2) is 45.1 Å². The van der Waals surface area contributed by atoms with Crippen molar-refractivity contribution in [3.63, 3.8) is 0 Å². The van der Waals surface area contributed by atoms with Gasteiger partial charge >= 0.3 is 5.69 Å². The van der Waals surface area contributed by atoms with Crippen LogP contribution >= 0.6 is 11.8 Å². The number of carbonyl (C=O) groups excluding carboxylic acids is 1. The molecule has 0 radical (unpaired) electrons. The average Bonchev–Trinajstić information content (AvgIpc) is 2.71. The fourth-order valence-electron chi connectivity index (χ4n) is 3.62. The minimum Gasteiger partial charge on any atom is -0.354 e. The molecular weight excluding hydrogens is 402 g/mol. The van der Waals surface area contributed by atoms with E-state index in [1.54, 1.807) is 23.0 Å². The third-order valence-electron chi connectivity index (χ3n) is 5.15. The molecule has 1 amide bonds. The van der Waals surface area contributed by atoms with Gasteiger partial charge in [0.15, 0.2) is 0 Å². The summed E-state index contributed by atoms with van der Waals surface area (Å²) >= 11 is 1.50. The first-order chi connectivity index (χ1) is 14.3. The monoisotopic (exact) mass is 431 g/mol. The lowest BCUT2D eigenvalue weighted by Gasteiger charge is -2.37. The van der Waals surface area contributed by atoms with Crippen molar-refractivity contribution in [3.8, 4) is 0 Å². The van der Waals surface area contributed by atoms with Crippen molar-refractivity contribution in [2.45, 2.75) is 44.7 Å². The van der Waals surface area contributed by atoms with Gasteiger partial charge in [-0.2, -0.15) is 0 Å². The predicted octanol–water partition coefficient (Wildman–Crippen LogP) is 2.01. The Balaban J connectivity index is 1.71. The van der Waals surface area contributed by atoms with Crippen LogP contribution in [0.3, 0.4) is 0 Å². The van der Waals surface area contributed by atoms with Crippen LogP contribution in [0.4, 0.5) is 5.82 Å². The van der Waals surface area contributed by atoms with Crippen LogP contribution in [-0.2, 0) is 4.79 Å². The topological polar surface area (TPSA) is 80.4 Å². The van der Waals surface area contributed by atoms with Crippen LogP contribution in [-0.4, -0.2) is 56.9 Å². The smallest absolute Gasteiger partial charge is 0.333 e. The summed E-state index contributed by atoms with van der Waals surface area (Å²) in [6.07, 6.45) is 3.43. The van der Waals surface area contributed by atoms with E-state index < -0.39 is 0 Å². The van der Waals surface area contributed by atoms with Gasteiger partial charge in [-0.3, -0.25) is 23.7 Å². The summed E-state index contributed by atoms with van der Waals surface area (Å²) in [6, 6.07) is 5.06. The molecule has 0 aromatic carbocycles. The molecule has 1 fully saturated rings. The number of aromatic nitrogens is 3. The zero-order valence-corrected chi connectivity index (χ0v) is 18.8. The molecule has 30 heavy (non-hydrogen) atoms. The molecule has 0 bridgehead atoms. The van der Waals surface area contributed by atoms with E-state index in [-0.39, 0.29) is 29.2 Å². The van der Waals surface area contributed by atoms with Crippen molar-refractivity contribution >= 4 is 23.5 Å². The first-order valence-corrected chi connectivity index (χ1v) is 11.2. The van der Waals surface area contributed by atoms with Crippen molar-refractivity contribution in [3.05, 3.63) is 51.4 Å². The minimum atomic E-state index is -0.283. The van der Waals surface area contributed by atoms with E-state index in [1.807, 2.05) is 49.6 Å². The number of rotatable bonds is 6. The van der Waals surface area contributed by atoms with Gasteiger partial charge in [0.05, 0.1) is 5.75 Å². The highest BCUT2D eigenvalue weighted by molar-refractivity contribution is 8.00. The molecule has 2 aromatic rings. The second kappa shape index (κ2) is 9.51. The molecule has 3 heterocycles. The highest BCUT2D eigenvalue weighted by Gasteiger charge is 2.25. The Morgan fingerprint density at radius 3 is 2.17 bits per heavy atom. The molecule has 9 heteroatoms. The third kappa shape index (κ3) is 4.77. The normalized spacial score (nSPS) is 14.6. The summed E-state index contributed by atoms with van der Waals surface area (Å²) in [5.74, 6) is 1.11. The average molecular weight is 432 g/mol. The maximum absolute atomic E-state index is 13.0. The van der Waals surface area contributed by atoms with Crippen molar-refractivity contribution < 1.29 is 4.79 Å². The largest absolute Gasteiger partial charge is 0.354 e. The van der Waals surface area contributed by atoms with E-state index in [0.29, 0.717) is 37.7 Å². The van der Waals surface area contributed by atoms with E-state index in [4.69, 9.17) is 0 Å². The summed E-state index contributed by atoms with van der Waals surface area (Å²) < 4.78 is 2.97. The number of thioether (sulfide) groups is 1. The maximum Gasteiger partial charge on any atom is 0.333 e. The number of hydrogen-bond acceptors (Lipinski definition) is 6. The van der Waals surface area contributed by atoms with Crippen molar-refractivity contribution in [1.29, 1.82) is 0 Å². The van der Waals surface area contributed by atoms with Crippen LogP contribution in [0.5, 0.6) is 0 Å². The van der Waals surface area contributed by atoms with Crippen LogP contribution in [0.1, 0.15) is 39.8 Å². The van der Waals surface area contributed by atoms with Gasteiger partial charge in [0, 0.05) is 61.6 Å². The van der Waals surface area contributed by atoms with Crippen LogP contribution < -0.4 is 16.1 Å². The van der Waals surface area contributed by atoms with Crippen molar-refractivity contribution in [2.75, 3.05) is 36.8 Å². The van der Waals surface area contributed by atoms with Gasteiger partial charge in [-0.25, -0.2) is 4.79 Å². The number of hydrogen-bond donors (Lipinski definition) is 0. The van der Waals surface area contributed by atoms with Gasteiger partial charge in [-0.15, -0.1) is 11.8 Å². The zero-order chi connectivity index (χ0) is 21.8. The van der Waals surface area contributed by atoms with E-state index >= 15 is 0 Å². The highest BCUT2D eigenvalue weighted by Crippen LogP contribution is 2.20. The third-order valence-corrected chi connectivity index (χ3v) is 6.15. The minimum absolute atomic E-state index is 0.0745. The molecule has 1 aliphatic rings. The molecule has 8 nitrogen and oxygen atoms in total. The predicted molar refractivity (Wildman–Crippen MR) is 119 cm³/mol. The Bertz CT molecular complexity index is 992. The number of anilines is 1. The number of piperazine rings is 1. The molecule has 1 aliphatic heterocycles. The summed E-state index contributed by atoms with van der Waals surface area (Å²) in [4.78, 5) is 47.0. The molecule has 0 aliphatic carbocycles. The Hall–Kier alpha value is -2.55. The second-order valence-electron chi connectivity index (χ2n) is 7.89. The van der Waals surface area contributed by atoms with Crippen LogP contribution in [0.2, 0.25) is 0 Å². The molecular formula is C21H29N5O3S. The first-order valence-electron chi connectivity index (χ1n) is 10.2. The summed E-state index contributed by atoms with van der Waals surface area (Å²) in [6.45, 7) is 9.85. The number of amides is 1. The van der Waals surface area contributed by atoms with E-state index in [0.717, 1.165) is 4.90 Å². The van der Waals surface area contributed by atoms with Gasteiger partial charge in [0.2, 0.25) is 5.91 Å². The molecule has 0 spiro atoms. The lowest BCUT2D eigenvalue weighted by molar-refractivity contribution is -0.128. The van der Waals surface area contributed by atoms with Crippen LogP contribution in [0, 0.1) is 0 Å². The fourth-order valence-corrected chi connectivity index (χ4v) is 4.40. The van der Waals surface area contributed by atoms with E-state index in [2.05, 4.69) is 4.98 Å². The van der Waals surface area contributed by atoms with Crippen molar-refractivity contribution in [2.24, 2.45) is 0 Å². The number of nitrogens with zero attached hydrogens (tertiary/aromatic N) is 5. The summed E-state index contributed by atoms with van der Waals surface area (Å²) in [5.41, 5.74) is -0.566. The van der Waals surface area contributed by atoms with Crippen LogP contribution in [0.25, 0.3) is 0 Å². The SMILES string of the molecule is CC(C)n1c(N2CCN(C(=O)CSc3ccncc3)CC2)cc(=O)n(C(C)C)c1=O. The van der Waals surface area contributed by atoms with Gasteiger partial charge in [0.1, 0.15) is 5.82 Å². The molecule has 0 atom stereocenters. The van der Waals surface area contributed by atoms with Crippen molar-refractivity contribution in [1.82, 2.24) is 19.0 Å². The lowest BCUT2D eigenvalue weighted by Crippen LogP contribution is -2.52. The van der Waals surface area contributed by atoms with E-state index in [1.165, 1.54) is 16.3 Å². The standard InChI is InChI=1S/C21H29N5O3S/c1-15(2)25-18(13-19(27)26(16(3)4)21(25)29)23-9-11-24(12-10-23)20(28)14-30-17-5-7-22-8-6-17/h5-8,13,15-16H,9-12,14H2,1-4H3. The van der Waals surface area contributed by atoms with Gasteiger partial charge in [0.25, 0.3) is 5.56 Å². The molecule has 2 aromatic heterocycles. The van der Waals surface area contributed by atoms with Gasteiger partial charge in [-0.05, 0) is 39.8 Å². The fraction of sp³-hybridized carbons (Fsp3) is 0.524. The molecule has 0 unspecified atom stereocenters. The first kappa shape index (κ1) is 22.1. The highest BCUT2D eigenvalue weighted by atomic mass is 32.2. The molecule has 0 saturated carbocycles. The number of pyridine rings is 1. The number of carbonyl (C=O) groups is 1. The second-order valence-corrected chi connectivity index (χ2v) is 8.94. The molecule has 162 valence electrons. The Morgan fingerprint density at radius 1 is 1.00 bits per heavy atom. The Kier molecular flexibility index (Phi) is 7.02. The Morgan fingerprint density at radius 2 is 1.60 bits per heavy atom. The molecule has 0 N–H and O–H groups in total. The zero-order valence-electron chi connectivity index (χ0n) is 17.9. The molecule has 1 saturated heterocycles. The lowest BCUT2D eigenvalue weighted by atomic mass is 10.2. The maximum atomic E-state index is 13.0. The Labute approximate surface area is 180 Å². The summed E-state index contributed by atoms with van der Waals surface area (Å²) in [5, 5.41) is 0. The van der Waals surface area contributed by atoms with E-state index in [9.17, 15) is 14.4 Å². The quantitative estimate of drug-likeness (QED) is 0.651. The molecule has 3 rings (SSSR count).